The molecule has 198 valence electrons. The van der Waals surface area contributed by atoms with Crippen molar-refractivity contribution >= 4 is 41.5 Å². The number of carboxylic acids is 3. The molecule has 0 radical (unpaired) electrons. The summed E-state index contributed by atoms with van der Waals surface area (Å²) in [5.41, 5.74) is 10.6. The van der Waals surface area contributed by atoms with Crippen LogP contribution in [0, 0.1) is 0 Å². The van der Waals surface area contributed by atoms with Gasteiger partial charge >= 0.3 is 17.9 Å². The molecule has 0 spiro atoms. The number of primary amides is 1. The zero-order chi connectivity index (χ0) is 27.3. The Morgan fingerprint density at radius 1 is 0.714 bits per heavy atom. The Morgan fingerprint density at radius 2 is 1.20 bits per heavy atom. The quantitative estimate of drug-likeness (QED) is 0.0920. The average Bonchev–Trinajstić information content (AvgIpc) is 2.74. The van der Waals surface area contributed by atoms with Crippen LogP contribution in [0.4, 0.5) is 0 Å². The molecule has 16 heteroatoms. The lowest BCUT2D eigenvalue weighted by Crippen LogP contribution is -2.59. The van der Waals surface area contributed by atoms with E-state index in [1.165, 1.54) is 0 Å². The molecule has 0 saturated carbocycles. The van der Waals surface area contributed by atoms with Crippen molar-refractivity contribution in [3.8, 4) is 0 Å². The van der Waals surface area contributed by atoms with Gasteiger partial charge in [-0.25, -0.2) is 4.79 Å². The summed E-state index contributed by atoms with van der Waals surface area (Å²) in [6.45, 7) is 1.11. The summed E-state index contributed by atoms with van der Waals surface area (Å²) in [7, 11) is 0. The number of rotatable bonds is 17. The van der Waals surface area contributed by atoms with Crippen molar-refractivity contribution in [2.75, 3.05) is 0 Å². The number of hydrogen-bond acceptors (Lipinski definition) is 9. The van der Waals surface area contributed by atoms with Crippen LogP contribution in [0.3, 0.4) is 0 Å². The topological polar surface area (TPSA) is 289 Å². The van der Waals surface area contributed by atoms with E-state index >= 15 is 0 Å². The third-order valence-electron chi connectivity index (χ3n) is 4.64. The van der Waals surface area contributed by atoms with Crippen LogP contribution in [0.15, 0.2) is 0 Å². The second-order valence-electron chi connectivity index (χ2n) is 7.66. The standard InChI is InChI=1S/C19H31N5O11/c1-8(25)15(18(33)23-11(19(34)35)3-5-12(21)26)24-17(32)10(4-7-14(29)30)22-16(31)9(20)2-6-13(27)28/h8-11,15,25H,2-7,20H2,1H3,(H2,21,26)(H,22,31)(H,23,33)(H,24,32)(H,27,28)(H,29,30)(H,34,35). The van der Waals surface area contributed by atoms with Crippen molar-refractivity contribution in [1.29, 1.82) is 0 Å². The average molecular weight is 505 g/mol. The molecule has 0 heterocycles. The van der Waals surface area contributed by atoms with E-state index in [1.807, 2.05) is 0 Å². The Morgan fingerprint density at radius 3 is 1.66 bits per heavy atom. The summed E-state index contributed by atoms with van der Waals surface area (Å²) < 4.78 is 0. The second-order valence-corrected chi connectivity index (χ2v) is 7.66. The minimum atomic E-state index is -1.72. The van der Waals surface area contributed by atoms with Gasteiger partial charge in [0.15, 0.2) is 0 Å². The lowest BCUT2D eigenvalue weighted by Gasteiger charge is -2.26. The SMILES string of the molecule is CC(O)C(NC(=O)C(CCC(=O)O)NC(=O)C(N)CCC(=O)O)C(=O)NC(CCC(N)=O)C(=O)O. The van der Waals surface area contributed by atoms with Crippen LogP contribution in [0.5, 0.6) is 0 Å². The van der Waals surface area contributed by atoms with Gasteiger partial charge in [-0.15, -0.1) is 0 Å². The molecule has 4 amide bonds. The Labute approximate surface area is 199 Å². The molecule has 0 aromatic heterocycles. The minimum absolute atomic E-state index is 0.269. The number of aliphatic hydroxyl groups is 1. The van der Waals surface area contributed by atoms with E-state index in [1.54, 1.807) is 0 Å². The van der Waals surface area contributed by atoms with Crippen molar-refractivity contribution < 1.29 is 54.0 Å². The number of aliphatic carboxylic acids is 3. The molecule has 5 unspecified atom stereocenters. The highest BCUT2D eigenvalue weighted by Crippen LogP contribution is 2.05. The maximum Gasteiger partial charge on any atom is 0.326 e. The van der Waals surface area contributed by atoms with Gasteiger partial charge in [0.05, 0.1) is 12.1 Å². The first kappa shape index (κ1) is 31.2. The van der Waals surface area contributed by atoms with Crippen molar-refractivity contribution in [1.82, 2.24) is 16.0 Å². The first-order valence-corrected chi connectivity index (χ1v) is 10.4. The van der Waals surface area contributed by atoms with Gasteiger partial charge in [0, 0.05) is 19.3 Å². The van der Waals surface area contributed by atoms with Crippen LogP contribution in [-0.2, 0) is 33.6 Å². The fourth-order valence-corrected chi connectivity index (χ4v) is 2.69. The molecular formula is C19H31N5O11. The van der Waals surface area contributed by atoms with E-state index < -0.39 is 91.1 Å². The van der Waals surface area contributed by atoms with Gasteiger partial charge in [0.2, 0.25) is 23.6 Å². The van der Waals surface area contributed by atoms with Gasteiger partial charge in [-0.2, -0.15) is 0 Å². The summed E-state index contributed by atoms with van der Waals surface area (Å²) in [6, 6.07) is -6.15. The Balaban J connectivity index is 5.47. The molecule has 0 aliphatic rings. The van der Waals surface area contributed by atoms with Crippen LogP contribution in [0.1, 0.15) is 45.4 Å². The molecule has 5 atom stereocenters. The zero-order valence-corrected chi connectivity index (χ0v) is 18.9. The van der Waals surface area contributed by atoms with Crippen LogP contribution >= 0.6 is 0 Å². The summed E-state index contributed by atoms with van der Waals surface area (Å²) in [5, 5.41) is 43.1. The maximum atomic E-state index is 12.7. The molecule has 0 saturated heterocycles. The lowest BCUT2D eigenvalue weighted by molar-refractivity contribution is -0.143. The third-order valence-corrected chi connectivity index (χ3v) is 4.64. The van der Waals surface area contributed by atoms with Crippen LogP contribution < -0.4 is 27.4 Å². The number of nitrogens with one attached hydrogen (secondary N) is 3. The minimum Gasteiger partial charge on any atom is -0.481 e. The number of nitrogens with two attached hydrogens (primary N) is 2. The van der Waals surface area contributed by atoms with Crippen LogP contribution in [-0.4, -0.2) is 92.2 Å². The summed E-state index contributed by atoms with van der Waals surface area (Å²) in [4.78, 5) is 81.3. The molecule has 0 rings (SSSR count). The number of carboxylic acid groups (broad SMARTS) is 3. The number of aliphatic hydroxyl groups excluding tert-OH is 1. The lowest BCUT2D eigenvalue weighted by atomic mass is 10.1. The normalized spacial score (nSPS) is 14.9. The molecule has 35 heavy (non-hydrogen) atoms. The fourth-order valence-electron chi connectivity index (χ4n) is 2.69. The number of hydrogen-bond donors (Lipinski definition) is 9. The van der Waals surface area contributed by atoms with Crippen molar-refractivity contribution in [3.05, 3.63) is 0 Å². The fraction of sp³-hybridized carbons (Fsp3) is 0.632. The molecule has 0 aromatic carbocycles. The van der Waals surface area contributed by atoms with Gasteiger partial charge < -0.3 is 47.8 Å². The number of carbonyl (C=O) groups excluding carboxylic acids is 4. The van der Waals surface area contributed by atoms with Gasteiger partial charge in [-0.3, -0.25) is 28.8 Å². The monoisotopic (exact) mass is 505 g/mol. The number of amides is 4. The molecular weight excluding hydrogens is 474 g/mol. The van der Waals surface area contributed by atoms with E-state index in [0.29, 0.717) is 0 Å². The Hall–Kier alpha value is -3.79. The highest BCUT2D eigenvalue weighted by atomic mass is 16.4. The van der Waals surface area contributed by atoms with E-state index in [-0.39, 0.29) is 19.3 Å². The summed E-state index contributed by atoms with van der Waals surface area (Å²) in [5.74, 6) is -8.01. The Kier molecular flexibility index (Phi) is 13.5. The predicted molar refractivity (Wildman–Crippen MR) is 115 cm³/mol. The van der Waals surface area contributed by atoms with Gasteiger partial charge in [-0.05, 0) is 26.2 Å². The largest absolute Gasteiger partial charge is 0.481 e. The maximum absolute atomic E-state index is 12.7. The first-order valence-electron chi connectivity index (χ1n) is 10.4. The molecule has 11 N–H and O–H groups in total. The van der Waals surface area contributed by atoms with Gasteiger partial charge in [-0.1, -0.05) is 0 Å². The van der Waals surface area contributed by atoms with Crippen molar-refractivity contribution in [2.45, 2.75) is 75.7 Å². The van der Waals surface area contributed by atoms with Crippen LogP contribution in [0.2, 0.25) is 0 Å². The molecule has 16 nitrogen and oxygen atoms in total. The zero-order valence-electron chi connectivity index (χ0n) is 18.9. The predicted octanol–water partition coefficient (Wildman–Crippen LogP) is -3.77. The molecule has 0 aliphatic carbocycles. The van der Waals surface area contributed by atoms with E-state index in [9.17, 15) is 43.8 Å². The first-order chi connectivity index (χ1) is 16.1. The van der Waals surface area contributed by atoms with E-state index in [2.05, 4.69) is 16.0 Å². The molecule has 0 aromatic rings. The highest BCUT2D eigenvalue weighted by molar-refractivity contribution is 5.94. The molecule has 0 bridgehead atoms. The Bertz CT molecular complexity index is 817. The summed E-state index contributed by atoms with van der Waals surface area (Å²) in [6.07, 6.45) is -4.01. The third kappa shape index (κ3) is 12.9. The van der Waals surface area contributed by atoms with Crippen molar-refractivity contribution in [3.63, 3.8) is 0 Å². The summed E-state index contributed by atoms with van der Waals surface area (Å²) >= 11 is 0. The second kappa shape index (κ2) is 15.2. The van der Waals surface area contributed by atoms with Gasteiger partial charge in [0.25, 0.3) is 0 Å². The van der Waals surface area contributed by atoms with E-state index in [4.69, 9.17) is 21.7 Å². The smallest absolute Gasteiger partial charge is 0.326 e. The highest BCUT2D eigenvalue weighted by Gasteiger charge is 2.33. The van der Waals surface area contributed by atoms with Crippen molar-refractivity contribution in [2.24, 2.45) is 11.5 Å². The van der Waals surface area contributed by atoms with Gasteiger partial charge in [0.1, 0.15) is 18.1 Å². The molecule has 0 fully saturated rings. The molecule has 0 aliphatic heterocycles. The van der Waals surface area contributed by atoms with Crippen LogP contribution in [0.25, 0.3) is 0 Å². The van der Waals surface area contributed by atoms with E-state index in [0.717, 1.165) is 6.92 Å². The number of carbonyl (C=O) groups is 7.